The molecule has 0 aromatic rings. The lowest BCUT2D eigenvalue weighted by Gasteiger charge is -2.05. The van der Waals surface area contributed by atoms with E-state index in [0.717, 1.165) is 6.42 Å². The van der Waals surface area contributed by atoms with Gasteiger partial charge in [0.2, 0.25) is 9.76 Å². The van der Waals surface area contributed by atoms with Crippen molar-refractivity contribution in [2.75, 3.05) is 0 Å². The molecule has 2 nitrogen and oxygen atoms in total. The van der Waals surface area contributed by atoms with Gasteiger partial charge < -0.3 is 4.43 Å². The molecule has 58 valence electrons. The van der Waals surface area contributed by atoms with E-state index in [1.54, 1.807) is 0 Å². The van der Waals surface area contributed by atoms with Gasteiger partial charge in [-0.3, -0.25) is 0 Å². The van der Waals surface area contributed by atoms with Crippen LogP contribution in [0.5, 0.6) is 0 Å². The van der Waals surface area contributed by atoms with Crippen LogP contribution in [0.4, 0.5) is 0 Å². The fourth-order valence-electron chi connectivity index (χ4n) is 0.401. The Bertz CT molecular complexity index is 123. The van der Waals surface area contributed by atoms with E-state index in [1.165, 1.54) is 6.08 Å². The predicted octanol–water partition coefficient (Wildman–Crippen LogP) is 1.02. The van der Waals surface area contributed by atoms with Crippen molar-refractivity contribution in [1.29, 1.82) is 0 Å². The minimum Gasteiger partial charge on any atom is -0.522 e. The zero-order chi connectivity index (χ0) is 7.98. The maximum atomic E-state index is 10.5. The SMILES string of the molecule is C=CC(=O)O[SiH2]C(C)CC. The summed E-state index contributed by atoms with van der Waals surface area (Å²) in [5.41, 5.74) is 0.587. The molecule has 0 aliphatic rings. The Kier molecular flexibility index (Phi) is 4.93. The van der Waals surface area contributed by atoms with Gasteiger partial charge in [-0.2, -0.15) is 0 Å². The van der Waals surface area contributed by atoms with Crippen molar-refractivity contribution in [3.63, 3.8) is 0 Å². The zero-order valence-corrected chi connectivity index (χ0v) is 8.01. The van der Waals surface area contributed by atoms with Crippen LogP contribution in [0.15, 0.2) is 12.7 Å². The van der Waals surface area contributed by atoms with Gasteiger partial charge in [-0.1, -0.05) is 26.8 Å². The summed E-state index contributed by atoms with van der Waals surface area (Å²) >= 11 is 0. The molecular formula is C7H14O2Si. The van der Waals surface area contributed by atoms with Gasteiger partial charge in [0.15, 0.2) is 0 Å². The maximum Gasteiger partial charge on any atom is 0.316 e. The van der Waals surface area contributed by atoms with Crippen LogP contribution in [0, 0.1) is 0 Å². The van der Waals surface area contributed by atoms with Crippen molar-refractivity contribution in [1.82, 2.24) is 0 Å². The van der Waals surface area contributed by atoms with Crippen molar-refractivity contribution >= 4 is 15.7 Å². The van der Waals surface area contributed by atoms with E-state index in [2.05, 4.69) is 20.4 Å². The third-order valence-electron chi connectivity index (χ3n) is 1.37. The average molecular weight is 158 g/mol. The Labute approximate surface area is 64.2 Å². The van der Waals surface area contributed by atoms with Gasteiger partial charge in [-0.05, 0) is 5.54 Å². The van der Waals surface area contributed by atoms with Crippen LogP contribution in [-0.4, -0.2) is 15.7 Å². The Balaban J connectivity index is 3.34. The van der Waals surface area contributed by atoms with Crippen molar-refractivity contribution in [3.8, 4) is 0 Å². The van der Waals surface area contributed by atoms with Crippen LogP contribution >= 0.6 is 0 Å². The summed E-state index contributed by atoms with van der Waals surface area (Å²) in [5.74, 6) is -0.271. The van der Waals surface area contributed by atoms with Crippen LogP contribution in [0.2, 0.25) is 5.54 Å². The number of rotatable bonds is 4. The first kappa shape index (κ1) is 9.43. The molecular weight excluding hydrogens is 144 g/mol. The molecule has 0 N–H and O–H groups in total. The number of hydrogen-bond acceptors (Lipinski definition) is 2. The number of carbonyl (C=O) groups excluding carboxylic acids is 1. The van der Waals surface area contributed by atoms with Gasteiger partial charge in [-0.15, -0.1) is 0 Å². The van der Waals surface area contributed by atoms with Gasteiger partial charge in [-0.25, -0.2) is 4.79 Å². The second-order valence-electron chi connectivity index (χ2n) is 2.35. The molecule has 1 unspecified atom stereocenters. The lowest BCUT2D eigenvalue weighted by atomic mass is 10.4. The standard InChI is InChI=1S/C7H14O2Si/c1-4-6(3)10-9-7(8)5-2/h5-6H,2,4,10H2,1,3H3. The second kappa shape index (κ2) is 5.23. The van der Waals surface area contributed by atoms with Gasteiger partial charge in [0.1, 0.15) is 0 Å². The third kappa shape index (κ3) is 4.32. The highest BCUT2D eigenvalue weighted by Crippen LogP contribution is 2.05. The zero-order valence-electron chi connectivity index (χ0n) is 6.59. The van der Waals surface area contributed by atoms with Gasteiger partial charge in [0, 0.05) is 6.08 Å². The Hall–Kier alpha value is -0.573. The van der Waals surface area contributed by atoms with Crippen LogP contribution in [0.25, 0.3) is 0 Å². The molecule has 0 aromatic heterocycles. The summed E-state index contributed by atoms with van der Waals surface area (Å²) in [4.78, 5) is 10.5. The molecule has 0 saturated carbocycles. The molecule has 0 radical (unpaired) electrons. The van der Waals surface area contributed by atoms with Crippen molar-refractivity contribution in [3.05, 3.63) is 12.7 Å². The molecule has 0 spiro atoms. The number of carbonyl (C=O) groups is 1. The van der Waals surface area contributed by atoms with Crippen LogP contribution in [0.1, 0.15) is 20.3 Å². The van der Waals surface area contributed by atoms with E-state index in [1.807, 2.05) is 0 Å². The van der Waals surface area contributed by atoms with E-state index < -0.39 is 9.76 Å². The van der Waals surface area contributed by atoms with Crippen molar-refractivity contribution < 1.29 is 9.22 Å². The molecule has 0 saturated heterocycles. The van der Waals surface area contributed by atoms with Gasteiger partial charge in [0.25, 0.3) is 0 Å². The van der Waals surface area contributed by atoms with Crippen LogP contribution < -0.4 is 0 Å². The minimum absolute atomic E-state index is 0.271. The number of hydrogen-bond donors (Lipinski definition) is 0. The summed E-state index contributed by atoms with van der Waals surface area (Å²) in [6.07, 6.45) is 2.31. The van der Waals surface area contributed by atoms with E-state index in [9.17, 15) is 4.79 Å². The fraction of sp³-hybridized carbons (Fsp3) is 0.571. The van der Waals surface area contributed by atoms with Crippen molar-refractivity contribution in [2.24, 2.45) is 0 Å². The minimum atomic E-state index is -0.644. The highest BCUT2D eigenvalue weighted by Gasteiger charge is 2.02. The highest BCUT2D eigenvalue weighted by atomic mass is 28.2. The predicted molar refractivity (Wildman–Crippen MR) is 44.5 cm³/mol. The lowest BCUT2D eigenvalue weighted by molar-refractivity contribution is -0.129. The first-order chi connectivity index (χ1) is 4.70. The molecule has 0 amide bonds. The Morgan fingerprint density at radius 1 is 1.90 bits per heavy atom. The maximum absolute atomic E-state index is 10.5. The van der Waals surface area contributed by atoms with Crippen LogP contribution in [0.3, 0.4) is 0 Å². The molecule has 0 heterocycles. The second-order valence-corrected chi connectivity index (χ2v) is 4.36. The molecule has 0 aromatic carbocycles. The lowest BCUT2D eigenvalue weighted by Crippen LogP contribution is -2.09. The Morgan fingerprint density at radius 3 is 2.90 bits per heavy atom. The molecule has 1 atom stereocenters. The van der Waals surface area contributed by atoms with Crippen LogP contribution in [-0.2, 0) is 9.22 Å². The van der Waals surface area contributed by atoms with E-state index in [4.69, 9.17) is 4.43 Å². The van der Waals surface area contributed by atoms with E-state index in [0.29, 0.717) is 5.54 Å². The third-order valence-corrected chi connectivity index (χ3v) is 2.97. The van der Waals surface area contributed by atoms with E-state index >= 15 is 0 Å². The molecule has 0 aliphatic heterocycles. The van der Waals surface area contributed by atoms with E-state index in [-0.39, 0.29) is 5.97 Å². The topological polar surface area (TPSA) is 26.3 Å². The first-order valence-corrected chi connectivity index (χ1v) is 4.89. The fourth-order valence-corrected chi connectivity index (χ4v) is 1.20. The van der Waals surface area contributed by atoms with Gasteiger partial charge >= 0.3 is 5.97 Å². The van der Waals surface area contributed by atoms with Gasteiger partial charge in [0.05, 0.1) is 0 Å². The molecule has 3 heteroatoms. The molecule has 10 heavy (non-hydrogen) atoms. The summed E-state index contributed by atoms with van der Waals surface area (Å²) in [6.45, 7) is 7.51. The Morgan fingerprint density at radius 2 is 2.50 bits per heavy atom. The summed E-state index contributed by atoms with van der Waals surface area (Å²) in [7, 11) is -0.644. The summed E-state index contributed by atoms with van der Waals surface area (Å²) in [6, 6.07) is 0. The van der Waals surface area contributed by atoms with Crippen molar-refractivity contribution in [2.45, 2.75) is 25.8 Å². The molecule has 0 bridgehead atoms. The monoisotopic (exact) mass is 158 g/mol. The molecule has 0 aliphatic carbocycles. The molecule has 0 rings (SSSR count). The molecule has 0 fully saturated rings. The first-order valence-electron chi connectivity index (χ1n) is 3.49. The quantitative estimate of drug-likeness (QED) is 0.451. The summed E-state index contributed by atoms with van der Waals surface area (Å²) < 4.78 is 4.93. The summed E-state index contributed by atoms with van der Waals surface area (Å²) in [5, 5.41) is 0. The largest absolute Gasteiger partial charge is 0.522 e. The smallest absolute Gasteiger partial charge is 0.316 e. The highest BCUT2D eigenvalue weighted by molar-refractivity contribution is 6.33. The average Bonchev–Trinajstić information content (AvgIpc) is 1.99. The normalized spacial score (nSPS) is 13.4.